The second-order valence-electron chi connectivity index (χ2n) is 7.45. The average Bonchev–Trinajstić information content (AvgIpc) is 2.80. The topological polar surface area (TPSA) is 66.9 Å². The first kappa shape index (κ1) is 22.1. The summed E-state index contributed by atoms with van der Waals surface area (Å²) in [6.07, 6.45) is 0. The van der Waals surface area contributed by atoms with Crippen molar-refractivity contribution in [2.45, 2.75) is 4.90 Å². The number of halogens is 1. The van der Waals surface area contributed by atoms with E-state index in [1.807, 2.05) is 47.4 Å². The summed E-state index contributed by atoms with van der Waals surface area (Å²) in [6.45, 7) is 1.08. The lowest BCUT2D eigenvalue weighted by atomic mass is 10.1. The summed E-state index contributed by atoms with van der Waals surface area (Å²) >= 11 is 0. The van der Waals surface area contributed by atoms with Crippen molar-refractivity contribution >= 4 is 16.0 Å². The molecular formula is C24H23FN2O4S. The summed E-state index contributed by atoms with van der Waals surface area (Å²) in [5, 5.41) is 0. The van der Waals surface area contributed by atoms with Crippen LogP contribution in [0.2, 0.25) is 0 Å². The lowest BCUT2D eigenvalue weighted by molar-refractivity contribution is -0.135. The SMILES string of the molecule is O=C(CN1CCN(S(=O)(=O)c2ccccc2F)CC1)Oc1ccccc1-c1ccccc1. The van der Waals surface area contributed by atoms with Gasteiger partial charge in [0.15, 0.2) is 0 Å². The van der Waals surface area contributed by atoms with E-state index in [4.69, 9.17) is 4.74 Å². The normalized spacial score (nSPS) is 15.4. The molecule has 0 aliphatic carbocycles. The lowest BCUT2D eigenvalue weighted by Gasteiger charge is -2.33. The van der Waals surface area contributed by atoms with E-state index in [-0.39, 0.29) is 24.5 Å². The van der Waals surface area contributed by atoms with Crippen molar-refractivity contribution in [3.63, 3.8) is 0 Å². The maximum Gasteiger partial charge on any atom is 0.325 e. The van der Waals surface area contributed by atoms with Gasteiger partial charge in [-0.25, -0.2) is 12.8 Å². The highest BCUT2D eigenvalue weighted by Gasteiger charge is 2.31. The first-order valence-electron chi connectivity index (χ1n) is 10.3. The van der Waals surface area contributed by atoms with Crippen LogP contribution in [-0.4, -0.2) is 56.3 Å². The van der Waals surface area contributed by atoms with Crippen molar-refractivity contribution in [3.05, 3.63) is 84.7 Å². The molecule has 0 saturated carbocycles. The van der Waals surface area contributed by atoms with E-state index in [1.165, 1.54) is 22.5 Å². The van der Waals surface area contributed by atoms with Crippen LogP contribution in [0.25, 0.3) is 11.1 Å². The van der Waals surface area contributed by atoms with E-state index in [0.29, 0.717) is 18.8 Å². The summed E-state index contributed by atoms with van der Waals surface area (Å²) in [4.78, 5) is 14.1. The Hall–Kier alpha value is -3.07. The van der Waals surface area contributed by atoms with Crippen molar-refractivity contribution in [3.8, 4) is 16.9 Å². The van der Waals surface area contributed by atoms with Crippen LogP contribution in [0.5, 0.6) is 5.75 Å². The van der Waals surface area contributed by atoms with Gasteiger partial charge in [-0.2, -0.15) is 4.31 Å². The molecule has 1 aliphatic heterocycles. The molecule has 0 atom stereocenters. The highest BCUT2D eigenvalue weighted by Crippen LogP contribution is 2.29. The zero-order valence-corrected chi connectivity index (χ0v) is 18.2. The van der Waals surface area contributed by atoms with Gasteiger partial charge in [-0.1, -0.05) is 60.7 Å². The Labute approximate surface area is 186 Å². The Morgan fingerprint density at radius 1 is 0.844 bits per heavy atom. The largest absolute Gasteiger partial charge is 0.425 e. The standard InChI is InChI=1S/C24H23FN2O4S/c25-21-11-5-7-13-23(21)32(29,30)27-16-14-26(15-17-27)18-24(28)31-22-12-6-4-10-20(22)19-8-2-1-3-9-19/h1-13H,14-18H2. The monoisotopic (exact) mass is 454 g/mol. The van der Waals surface area contributed by atoms with Gasteiger partial charge in [0.05, 0.1) is 6.54 Å². The second kappa shape index (κ2) is 9.60. The Bertz CT molecular complexity index is 1190. The van der Waals surface area contributed by atoms with Gasteiger partial charge < -0.3 is 4.74 Å². The number of para-hydroxylation sites is 1. The molecule has 8 heteroatoms. The van der Waals surface area contributed by atoms with Gasteiger partial charge in [0.2, 0.25) is 10.0 Å². The van der Waals surface area contributed by atoms with E-state index in [0.717, 1.165) is 17.2 Å². The quantitative estimate of drug-likeness (QED) is 0.422. The predicted octanol–water partition coefficient (Wildman–Crippen LogP) is 3.40. The van der Waals surface area contributed by atoms with Crippen molar-refractivity contribution in [2.24, 2.45) is 0 Å². The van der Waals surface area contributed by atoms with Gasteiger partial charge in [-0.05, 0) is 23.8 Å². The smallest absolute Gasteiger partial charge is 0.325 e. The van der Waals surface area contributed by atoms with Gasteiger partial charge in [-0.15, -0.1) is 0 Å². The molecule has 166 valence electrons. The van der Waals surface area contributed by atoms with Crippen LogP contribution in [0.1, 0.15) is 0 Å². The van der Waals surface area contributed by atoms with Gasteiger partial charge in [-0.3, -0.25) is 9.69 Å². The molecule has 0 spiro atoms. The first-order chi connectivity index (χ1) is 15.4. The molecule has 4 rings (SSSR count). The summed E-state index contributed by atoms with van der Waals surface area (Å²) in [6, 6.07) is 22.3. The number of benzene rings is 3. The summed E-state index contributed by atoms with van der Waals surface area (Å²) < 4.78 is 46.3. The van der Waals surface area contributed by atoms with Crippen LogP contribution in [-0.2, 0) is 14.8 Å². The number of carbonyl (C=O) groups is 1. The Kier molecular flexibility index (Phi) is 6.64. The predicted molar refractivity (Wildman–Crippen MR) is 119 cm³/mol. The molecule has 0 radical (unpaired) electrons. The maximum absolute atomic E-state index is 14.0. The molecular weight excluding hydrogens is 431 g/mol. The van der Waals surface area contributed by atoms with Crippen LogP contribution in [0.4, 0.5) is 4.39 Å². The van der Waals surface area contributed by atoms with E-state index in [2.05, 4.69) is 0 Å². The molecule has 32 heavy (non-hydrogen) atoms. The van der Waals surface area contributed by atoms with E-state index < -0.39 is 21.8 Å². The number of carbonyl (C=O) groups excluding carboxylic acids is 1. The minimum absolute atomic E-state index is 0.0384. The van der Waals surface area contributed by atoms with E-state index in [9.17, 15) is 17.6 Å². The van der Waals surface area contributed by atoms with Gasteiger partial charge in [0, 0.05) is 31.7 Å². The fraction of sp³-hybridized carbons (Fsp3) is 0.208. The number of esters is 1. The average molecular weight is 455 g/mol. The second-order valence-corrected chi connectivity index (χ2v) is 9.35. The minimum atomic E-state index is -3.91. The zero-order chi connectivity index (χ0) is 22.6. The number of hydrogen-bond donors (Lipinski definition) is 0. The third kappa shape index (κ3) is 4.88. The molecule has 0 unspecified atom stereocenters. The van der Waals surface area contributed by atoms with Crippen molar-refractivity contribution in [2.75, 3.05) is 32.7 Å². The summed E-state index contributed by atoms with van der Waals surface area (Å²) in [5.41, 5.74) is 1.77. The zero-order valence-electron chi connectivity index (χ0n) is 17.4. The van der Waals surface area contributed by atoms with Gasteiger partial charge in [0.1, 0.15) is 16.5 Å². The minimum Gasteiger partial charge on any atom is -0.425 e. The van der Waals surface area contributed by atoms with Crippen LogP contribution >= 0.6 is 0 Å². The van der Waals surface area contributed by atoms with Crippen LogP contribution in [0, 0.1) is 5.82 Å². The Balaban J connectivity index is 1.37. The molecule has 1 saturated heterocycles. The fourth-order valence-corrected chi connectivity index (χ4v) is 5.16. The number of ether oxygens (including phenoxy) is 1. The molecule has 0 amide bonds. The van der Waals surface area contributed by atoms with Crippen molar-refractivity contribution in [1.29, 1.82) is 0 Å². The molecule has 1 heterocycles. The van der Waals surface area contributed by atoms with Crippen LogP contribution in [0.3, 0.4) is 0 Å². The summed E-state index contributed by atoms with van der Waals surface area (Å²) in [7, 11) is -3.91. The Morgan fingerprint density at radius 3 is 2.19 bits per heavy atom. The maximum atomic E-state index is 14.0. The number of nitrogens with zero attached hydrogens (tertiary/aromatic N) is 2. The van der Waals surface area contributed by atoms with E-state index in [1.54, 1.807) is 12.1 Å². The highest BCUT2D eigenvalue weighted by atomic mass is 32.2. The third-order valence-electron chi connectivity index (χ3n) is 5.33. The van der Waals surface area contributed by atoms with Crippen molar-refractivity contribution in [1.82, 2.24) is 9.21 Å². The number of piperazine rings is 1. The van der Waals surface area contributed by atoms with Crippen molar-refractivity contribution < 1.29 is 22.3 Å². The third-order valence-corrected chi connectivity index (χ3v) is 7.27. The van der Waals surface area contributed by atoms with Crippen LogP contribution < -0.4 is 4.74 Å². The lowest BCUT2D eigenvalue weighted by Crippen LogP contribution is -2.50. The fourth-order valence-electron chi connectivity index (χ4n) is 3.67. The number of hydrogen-bond acceptors (Lipinski definition) is 5. The molecule has 1 aliphatic rings. The summed E-state index contributed by atoms with van der Waals surface area (Å²) in [5.74, 6) is -0.709. The molecule has 0 N–H and O–H groups in total. The molecule has 1 fully saturated rings. The molecule has 3 aromatic rings. The van der Waals surface area contributed by atoms with Crippen LogP contribution in [0.15, 0.2) is 83.8 Å². The highest BCUT2D eigenvalue weighted by molar-refractivity contribution is 7.89. The molecule has 6 nitrogen and oxygen atoms in total. The van der Waals surface area contributed by atoms with E-state index >= 15 is 0 Å². The van der Waals surface area contributed by atoms with Gasteiger partial charge >= 0.3 is 5.97 Å². The number of rotatable bonds is 6. The first-order valence-corrected chi connectivity index (χ1v) is 11.7. The molecule has 0 bridgehead atoms. The molecule has 3 aromatic carbocycles. The number of sulfonamides is 1. The van der Waals surface area contributed by atoms with Gasteiger partial charge in [0.25, 0.3) is 0 Å². The molecule has 0 aromatic heterocycles. The Morgan fingerprint density at radius 2 is 1.47 bits per heavy atom.